The molecule has 25 heavy (non-hydrogen) atoms. The zero-order chi connectivity index (χ0) is 17.6. The van der Waals surface area contributed by atoms with Gasteiger partial charge in [-0.25, -0.2) is 0 Å². The number of rotatable bonds is 7. The number of thioether (sulfide) groups is 1. The number of hydrogen-bond acceptors (Lipinski definition) is 4. The second kappa shape index (κ2) is 8.61. The van der Waals surface area contributed by atoms with Crippen LogP contribution in [0.4, 0.5) is 0 Å². The van der Waals surface area contributed by atoms with Crippen molar-refractivity contribution in [3.05, 3.63) is 64.4 Å². The van der Waals surface area contributed by atoms with Crippen molar-refractivity contribution in [2.45, 2.75) is 18.0 Å². The van der Waals surface area contributed by atoms with Crippen LogP contribution in [0.3, 0.4) is 0 Å². The molecule has 0 radical (unpaired) electrons. The molecule has 0 aliphatic rings. The highest BCUT2D eigenvalue weighted by Gasteiger charge is 2.13. The van der Waals surface area contributed by atoms with Crippen molar-refractivity contribution in [1.29, 1.82) is 0 Å². The van der Waals surface area contributed by atoms with E-state index in [0.29, 0.717) is 22.4 Å². The molecule has 3 aromatic rings. The summed E-state index contributed by atoms with van der Waals surface area (Å²) in [6.45, 7) is 0.539. The zero-order valence-electron chi connectivity index (χ0n) is 13.7. The summed E-state index contributed by atoms with van der Waals surface area (Å²) in [7, 11) is 0. The lowest BCUT2D eigenvalue weighted by Crippen LogP contribution is -2.06. The Hall–Kier alpha value is -1.69. The van der Waals surface area contributed by atoms with Crippen LogP contribution in [0.1, 0.15) is 12.2 Å². The summed E-state index contributed by atoms with van der Waals surface area (Å²) >= 11 is 13.6. The molecule has 3 rings (SSSR count). The van der Waals surface area contributed by atoms with Gasteiger partial charge < -0.3 is 4.74 Å². The molecule has 0 saturated carbocycles. The molecule has 130 valence electrons. The van der Waals surface area contributed by atoms with Crippen LogP contribution in [-0.4, -0.2) is 27.6 Å². The highest BCUT2D eigenvalue weighted by atomic mass is 35.5. The fraction of sp³-hybridized carbons (Fsp3) is 0.222. The quantitative estimate of drug-likeness (QED) is 0.402. The summed E-state index contributed by atoms with van der Waals surface area (Å²) in [5.74, 6) is 1.56. The van der Waals surface area contributed by atoms with Crippen LogP contribution < -0.4 is 4.74 Å². The van der Waals surface area contributed by atoms with Crippen LogP contribution in [-0.2, 0) is 6.42 Å². The smallest absolute Gasteiger partial charge is 0.195 e. The summed E-state index contributed by atoms with van der Waals surface area (Å²) in [5, 5.41) is 10.6. The van der Waals surface area contributed by atoms with Crippen molar-refractivity contribution < 1.29 is 4.74 Å². The lowest BCUT2D eigenvalue weighted by Gasteiger charge is -2.10. The number of benzene rings is 2. The minimum Gasteiger partial charge on any atom is -0.492 e. The average molecular weight is 394 g/mol. The standard InChI is InChI=1S/C18H17Cl2N3OS/c1-25-18-22-21-17(23(18)14-6-3-2-4-7-14)8-5-11-24-16-10-9-13(19)12-15(16)20/h2-4,6-7,9-10,12H,5,8,11H2,1H3. The fourth-order valence-corrected chi connectivity index (χ4v) is 3.41. The van der Waals surface area contributed by atoms with E-state index in [1.54, 1.807) is 30.0 Å². The minimum absolute atomic E-state index is 0.518. The Morgan fingerprint density at radius 1 is 1.08 bits per heavy atom. The van der Waals surface area contributed by atoms with Gasteiger partial charge in [0.15, 0.2) is 5.16 Å². The van der Waals surface area contributed by atoms with Crippen molar-refractivity contribution >= 4 is 35.0 Å². The van der Waals surface area contributed by atoms with E-state index < -0.39 is 0 Å². The predicted molar refractivity (Wildman–Crippen MR) is 103 cm³/mol. The van der Waals surface area contributed by atoms with Gasteiger partial charge in [-0.2, -0.15) is 0 Å². The summed E-state index contributed by atoms with van der Waals surface area (Å²) in [6, 6.07) is 15.3. The van der Waals surface area contributed by atoms with Gasteiger partial charge in [-0.1, -0.05) is 53.2 Å². The number of halogens is 2. The van der Waals surface area contributed by atoms with E-state index in [0.717, 1.165) is 29.5 Å². The molecule has 7 heteroatoms. The number of ether oxygens (including phenoxy) is 1. The van der Waals surface area contributed by atoms with Gasteiger partial charge in [0.1, 0.15) is 11.6 Å². The number of aromatic nitrogens is 3. The predicted octanol–water partition coefficient (Wildman–Crippen LogP) is 5.31. The second-order valence-corrected chi connectivity index (χ2v) is 6.92. The normalized spacial score (nSPS) is 10.8. The van der Waals surface area contributed by atoms with Gasteiger partial charge in [-0.3, -0.25) is 4.57 Å². The zero-order valence-corrected chi connectivity index (χ0v) is 16.0. The van der Waals surface area contributed by atoms with Crippen LogP contribution in [0.25, 0.3) is 5.69 Å². The molecule has 0 aliphatic heterocycles. The first-order chi connectivity index (χ1) is 12.2. The molecule has 1 aromatic heterocycles. The largest absolute Gasteiger partial charge is 0.492 e. The number of nitrogens with zero attached hydrogens (tertiary/aromatic N) is 3. The molecular formula is C18H17Cl2N3OS. The van der Waals surface area contributed by atoms with Crippen molar-refractivity contribution in [3.63, 3.8) is 0 Å². The van der Waals surface area contributed by atoms with E-state index >= 15 is 0 Å². The van der Waals surface area contributed by atoms with Crippen LogP contribution in [0.15, 0.2) is 53.7 Å². The molecule has 0 saturated heterocycles. The Morgan fingerprint density at radius 3 is 2.60 bits per heavy atom. The van der Waals surface area contributed by atoms with Crippen LogP contribution in [0.2, 0.25) is 10.0 Å². The molecule has 0 amide bonds. The van der Waals surface area contributed by atoms with Crippen LogP contribution in [0, 0.1) is 0 Å². The summed E-state index contributed by atoms with van der Waals surface area (Å²) in [4.78, 5) is 0. The Morgan fingerprint density at radius 2 is 1.88 bits per heavy atom. The highest BCUT2D eigenvalue weighted by molar-refractivity contribution is 7.98. The molecule has 2 aromatic carbocycles. The van der Waals surface area contributed by atoms with Gasteiger partial charge in [-0.05, 0) is 43.0 Å². The summed E-state index contributed by atoms with van der Waals surface area (Å²) in [5.41, 5.74) is 1.06. The molecule has 0 fully saturated rings. The summed E-state index contributed by atoms with van der Waals surface area (Å²) in [6.07, 6.45) is 3.56. The van der Waals surface area contributed by atoms with E-state index in [-0.39, 0.29) is 0 Å². The van der Waals surface area contributed by atoms with Gasteiger partial charge >= 0.3 is 0 Å². The van der Waals surface area contributed by atoms with E-state index in [1.165, 1.54) is 0 Å². The fourth-order valence-electron chi connectivity index (χ4n) is 2.44. The Bertz CT molecular complexity index is 840. The Balaban J connectivity index is 1.65. The van der Waals surface area contributed by atoms with Gasteiger partial charge in [0, 0.05) is 17.1 Å². The molecular weight excluding hydrogens is 377 g/mol. The summed E-state index contributed by atoms with van der Waals surface area (Å²) < 4.78 is 7.82. The van der Waals surface area contributed by atoms with E-state index in [2.05, 4.69) is 26.9 Å². The molecule has 1 heterocycles. The lowest BCUT2D eigenvalue weighted by atomic mass is 10.2. The molecule has 0 bridgehead atoms. The topological polar surface area (TPSA) is 39.9 Å². The van der Waals surface area contributed by atoms with Crippen molar-refractivity contribution in [2.24, 2.45) is 0 Å². The maximum absolute atomic E-state index is 6.11. The van der Waals surface area contributed by atoms with E-state index in [9.17, 15) is 0 Å². The molecule has 0 atom stereocenters. The third-order valence-corrected chi connectivity index (χ3v) is 4.75. The Labute approximate surface area is 161 Å². The maximum Gasteiger partial charge on any atom is 0.195 e. The van der Waals surface area contributed by atoms with Crippen molar-refractivity contribution in [1.82, 2.24) is 14.8 Å². The lowest BCUT2D eigenvalue weighted by molar-refractivity contribution is 0.309. The monoisotopic (exact) mass is 393 g/mol. The van der Waals surface area contributed by atoms with Crippen LogP contribution >= 0.6 is 35.0 Å². The van der Waals surface area contributed by atoms with E-state index in [1.807, 2.05) is 24.5 Å². The minimum atomic E-state index is 0.518. The average Bonchev–Trinajstić information content (AvgIpc) is 3.04. The van der Waals surface area contributed by atoms with Gasteiger partial charge in [0.25, 0.3) is 0 Å². The Kier molecular flexibility index (Phi) is 6.24. The van der Waals surface area contributed by atoms with E-state index in [4.69, 9.17) is 27.9 Å². The van der Waals surface area contributed by atoms with Crippen LogP contribution in [0.5, 0.6) is 5.75 Å². The third-order valence-electron chi connectivity index (χ3n) is 3.59. The maximum atomic E-state index is 6.11. The molecule has 4 nitrogen and oxygen atoms in total. The third kappa shape index (κ3) is 4.48. The van der Waals surface area contributed by atoms with Crippen molar-refractivity contribution in [3.8, 4) is 11.4 Å². The number of aryl methyl sites for hydroxylation is 1. The molecule has 0 unspecified atom stereocenters. The number of hydrogen-bond donors (Lipinski definition) is 0. The number of para-hydroxylation sites is 1. The first-order valence-corrected chi connectivity index (χ1v) is 9.78. The van der Waals surface area contributed by atoms with Gasteiger partial charge in [0.05, 0.1) is 11.6 Å². The van der Waals surface area contributed by atoms with Crippen molar-refractivity contribution in [2.75, 3.05) is 12.9 Å². The first-order valence-electron chi connectivity index (χ1n) is 7.80. The SMILES string of the molecule is CSc1nnc(CCCOc2ccc(Cl)cc2Cl)n1-c1ccccc1. The molecule has 0 aliphatic carbocycles. The molecule has 0 spiro atoms. The first kappa shape index (κ1) is 18.1. The van der Waals surface area contributed by atoms with Gasteiger partial charge in [0.2, 0.25) is 0 Å². The second-order valence-electron chi connectivity index (χ2n) is 5.30. The van der Waals surface area contributed by atoms with Gasteiger partial charge in [-0.15, -0.1) is 10.2 Å². The highest BCUT2D eigenvalue weighted by Crippen LogP contribution is 2.27. The molecule has 0 N–H and O–H groups in total.